The van der Waals surface area contributed by atoms with Crippen LogP contribution < -0.4 is 11.5 Å². The number of fused-ring (bicyclic) bond motifs is 1. The molecule has 0 saturated carbocycles. The van der Waals surface area contributed by atoms with E-state index in [-0.39, 0.29) is 0 Å². The molecule has 0 bridgehead atoms. The molecule has 0 spiro atoms. The van der Waals surface area contributed by atoms with Crippen LogP contribution >= 0.6 is 11.8 Å². The Labute approximate surface area is 106 Å². The fraction of sp³-hybridized carbons (Fsp3) is 0.462. The van der Waals surface area contributed by atoms with E-state index >= 15 is 0 Å². The van der Waals surface area contributed by atoms with E-state index in [1.165, 1.54) is 35.3 Å². The molecule has 3 nitrogen and oxygen atoms in total. The van der Waals surface area contributed by atoms with Crippen molar-refractivity contribution < 1.29 is 4.79 Å². The second kappa shape index (κ2) is 5.56. The van der Waals surface area contributed by atoms with Crippen LogP contribution in [0, 0.1) is 0 Å². The lowest BCUT2D eigenvalue weighted by Crippen LogP contribution is -2.36. The first-order valence-electron chi connectivity index (χ1n) is 5.96. The molecule has 1 atom stereocenters. The number of amides is 1. The Balaban J connectivity index is 1.85. The molecule has 1 aliphatic rings. The van der Waals surface area contributed by atoms with E-state index < -0.39 is 11.9 Å². The van der Waals surface area contributed by atoms with Crippen LogP contribution in [0.25, 0.3) is 0 Å². The summed E-state index contributed by atoms with van der Waals surface area (Å²) in [6.45, 7) is 0. The average Bonchev–Trinajstić information content (AvgIpc) is 2.75. The Kier molecular flexibility index (Phi) is 4.07. The first-order chi connectivity index (χ1) is 8.16. The fourth-order valence-electron chi connectivity index (χ4n) is 2.08. The van der Waals surface area contributed by atoms with E-state index in [1.54, 1.807) is 11.8 Å². The average molecular weight is 250 g/mol. The lowest BCUT2D eigenvalue weighted by molar-refractivity contribution is -0.119. The lowest BCUT2D eigenvalue weighted by atomic mass is 10.1. The number of hydrogen-bond acceptors (Lipinski definition) is 3. The number of carbonyl (C=O) groups is 1. The molecule has 1 amide bonds. The molecular weight excluding hydrogens is 232 g/mol. The summed E-state index contributed by atoms with van der Waals surface area (Å²) in [7, 11) is 0. The van der Waals surface area contributed by atoms with Crippen LogP contribution in [0.4, 0.5) is 0 Å². The van der Waals surface area contributed by atoms with Crippen molar-refractivity contribution in [1.82, 2.24) is 0 Å². The Morgan fingerprint density at radius 2 is 2.12 bits per heavy atom. The third-order valence-electron chi connectivity index (χ3n) is 3.13. The minimum atomic E-state index is -0.517. The van der Waals surface area contributed by atoms with Crippen molar-refractivity contribution in [1.29, 1.82) is 0 Å². The van der Waals surface area contributed by atoms with Gasteiger partial charge in [-0.2, -0.15) is 0 Å². The predicted octanol–water partition coefficient (Wildman–Crippen LogP) is 1.47. The van der Waals surface area contributed by atoms with Crippen molar-refractivity contribution in [2.24, 2.45) is 11.5 Å². The molecule has 0 heterocycles. The summed E-state index contributed by atoms with van der Waals surface area (Å²) in [5.74, 6) is 0.419. The monoisotopic (exact) mass is 250 g/mol. The first kappa shape index (κ1) is 12.5. The summed E-state index contributed by atoms with van der Waals surface area (Å²) >= 11 is 1.74. The molecule has 1 aromatic carbocycles. The summed E-state index contributed by atoms with van der Waals surface area (Å²) < 4.78 is 0. The molecule has 4 N–H and O–H groups in total. The van der Waals surface area contributed by atoms with Crippen molar-refractivity contribution in [3.05, 3.63) is 29.3 Å². The predicted molar refractivity (Wildman–Crippen MR) is 71.0 cm³/mol. The first-order valence-corrected chi connectivity index (χ1v) is 6.95. The van der Waals surface area contributed by atoms with E-state index in [1.807, 2.05) is 0 Å². The van der Waals surface area contributed by atoms with Crippen LogP contribution in [0.15, 0.2) is 23.1 Å². The Morgan fingerprint density at radius 1 is 1.35 bits per heavy atom. The van der Waals surface area contributed by atoms with E-state index in [4.69, 9.17) is 11.5 Å². The Bertz CT molecular complexity index is 420. The molecule has 4 heteroatoms. The number of benzene rings is 1. The van der Waals surface area contributed by atoms with Crippen LogP contribution in [0.3, 0.4) is 0 Å². The highest BCUT2D eigenvalue weighted by molar-refractivity contribution is 7.99. The third-order valence-corrected chi connectivity index (χ3v) is 4.16. The van der Waals surface area contributed by atoms with Gasteiger partial charge in [0.15, 0.2) is 0 Å². The minimum absolute atomic E-state index is 0.417. The molecule has 0 saturated heterocycles. The maximum absolute atomic E-state index is 10.8. The number of primary amides is 1. The summed E-state index contributed by atoms with van der Waals surface area (Å²) in [4.78, 5) is 12.0. The van der Waals surface area contributed by atoms with Gasteiger partial charge >= 0.3 is 0 Å². The van der Waals surface area contributed by atoms with E-state index in [0.29, 0.717) is 6.42 Å². The van der Waals surface area contributed by atoms with Crippen molar-refractivity contribution in [2.75, 3.05) is 5.75 Å². The zero-order chi connectivity index (χ0) is 12.3. The molecular formula is C13H18N2OS. The van der Waals surface area contributed by atoms with Gasteiger partial charge in [-0.05, 0) is 54.7 Å². The zero-order valence-corrected chi connectivity index (χ0v) is 10.6. The van der Waals surface area contributed by atoms with Gasteiger partial charge in [0.05, 0.1) is 6.04 Å². The minimum Gasteiger partial charge on any atom is -0.368 e. The van der Waals surface area contributed by atoms with E-state index in [9.17, 15) is 4.79 Å². The second-order valence-electron chi connectivity index (χ2n) is 4.43. The molecule has 1 unspecified atom stereocenters. The van der Waals surface area contributed by atoms with Crippen molar-refractivity contribution >= 4 is 17.7 Å². The zero-order valence-electron chi connectivity index (χ0n) is 9.82. The van der Waals surface area contributed by atoms with Gasteiger partial charge in [-0.25, -0.2) is 0 Å². The van der Waals surface area contributed by atoms with Crippen molar-refractivity contribution in [2.45, 2.75) is 36.6 Å². The third kappa shape index (κ3) is 3.23. The van der Waals surface area contributed by atoms with Gasteiger partial charge in [-0.3, -0.25) is 4.79 Å². The Morgan fingerprint density at radius 3 is 2.88 bits per heavy atom. The molecule has 0 fully saturated rings. The van der Waals surface area contributed by atoms with E-state index in [2.05, 4.69) is 18.2 Å². The van der Waals surface area contributed by atoms with Gasteiger partial charge in [0.1, 0.15) is 0 Å². The van der Waals surface area contributed by atoms with Crippen LogP contribution in [0.2, 0.25) is 0 Å². The highest BCUT2D eigenvalue weighted by atomic mass is 32.2. The number of nitrogens with two attached hydrogens (primary N) is 2. The lowest BCUT2D eigenvalue weighted by Gasteiger charge is -2.07. The SMILES string of the molecule is NC(=O)C(N)CCSc1ccc2c(c1)CCC2. The molecule has 0 aromatic heterocycles. The number of hydrogen-bond donors (Lipinski definition) is 2. The summed E-state index contributed by atoms with van der Waals surface area (Å²) in [6.07, 6.45) is 4.32. The van der Waals surface area contributed by atoms with Crippen LogP contribution in [0.1, 0.15) is 24.0 Å². The quantitative estimate of drug-likeness (QED) is 0.778. The largest absolute Gasteiger partial charge is 0.368 e. The van der Waals surface area contributed by atoms with Crippen LogP contribution in [-0.2, 0) is 17.6 Å². The van der Waals surface area contributed by atoms with Crippen molar-refractivity contribution in [3.63, 3.8) is 0 Å². The second-order valence-corrected chi connectivity index (χ2v) is 5.60. The summed E-state index contributed by atoms with van der Waals surface area (Å²) in [5, 5.41) is 0. The van der Waals surface area contributed by atoms with Crippen molar-refractivity contribution in [3.8, 4) is 0 Å². The smallest absolute Gasteiger partial charge is 0.234 e. The van der Waals surface area contributed by atoms with Crippen LogP contribution in [-0.4, -0.2) is 17.7 Å². The Hall–Kier alpha value is -1.00. The maximum atomic E-state index is 10.8. The molecule has 17 heavy (non-hydrogen) atoms. The molecule has 0 aliphatic heterocycles. The molecule has 0 radical (unpaired) electrons. The fourth-order valence-corrected chi connectivity index (χ4v) is 3.08. The molecule has 2 rings (SSSR count). The highest BCUT2D eigenvalue weighted by Crippen LogP contribution is 2.27. The van der Waals surface area contributed by atoms with Gasteiger partial charge in [-0.15, -0.1) is 11.8 Å². The molecule has 1 aromatic rings. The standard InChI is InChI=1S/C13H18N2OS/c14-12(13(15)16)6-7-17-11-5-4-9-2-1-3-10(9)8-11/h4-5,8,12H,1-3,6-7,14H2,(H2,15,16). The highest BCUT2D eigenvalue weighted by Gasteiger charge is 2.12. The van der Waals surface area contributed by atoms with E-state index in [0.717, 1.165) is 5.75 Å². The number of carbonyl (C=O) groups excluding carboxylic acids is 1. The number of aryl methyl sites for hydroxylation is 2. The van der Waals surface area contributed by atoms with Gasteiger partial charge in [0.2, 0.25) is 5.91 Å². The van der Waals surface area contributed by atoms with Gasteiger partial charge in [0, 0.05) is 4.90 Å². The van der Waals surface area contributed by atoms with Gasteiger partial charge < -0.3 is 11.5 Å². The molecule has 1 aliphatic carbocycles. The molecule has 92 valence electrons. The summed E-state index contributed by atoms with van der Waals surface area (Å²) in [5.41, 5.74) is 13.7. The topological polar surface area (TPSA) is 69.1 Å². The normalized spacial score (nSPS) is 15.6. The number of thioether (sulfide) groups is 1. The van der Waals surface area contributed by atoms with Crippen LogP contribution in [0.5, 0.6) is 0 Å². The summed E-state index contributed by atoms with van der Waals surface area (Å²) in [6, 6.07) is 6.13. The number of rotatable bonds is 5. The van der Waals surface area contributed by atoms with Gasteiger partial charge in [-0.1, -0.05) is 6.07 Å². The maximum Gasteiger partial charge on any atom is 0.234 e. The van der Waals surface area contributed by atoms with Gasteiger partial charge in [0.25, 0.3) is 0 Å².